The fraction of sp³-hybridized carbons (Fsp3) is 0.714. The van der Waals surface area contributed by atoms with Crippen LogP contribution in [0.25, 0.3) is 0 Å². The summed E-state index contributed by atoms with van der Waals surface area (Å²) in [5.74, 6) is -3.33. The molecule has 2 atom stereocenters. The lowest BCUT2D eigenvalue weighted by Gasteiger charge is -2.26. The van der Waals surface area contributed by atoms with Crippen LogP contribution in [0, 0.1) is 5.41 Å². The van der Waals surface area contributed by atoms with Gasteiger partial charge in [0.05, 0.1) is 13.0 Å². The number of carboxylic acids is 2. The number of carbonyl (C=O) groups is 4. The first kappa shape index (κ1) is 25.0. The second-order valence-electron chi connectivity index (χ2n) is 5.93. The van der Waals surface area contributed by atoms with Gasteiger partial charge in [0, 0.05) is 18.4 Å². The summed E-state index contributed by atoms with van der Waals surface area (Å²) in [6, 6.07) is -0.979. The molecule has 11 heteroatoms. The number of nitrogens with two attached hydrogens (primary N) is 2. The fourth-order valence-corrected chi connectivity index (χ4v) is 1.25. The number of amides is 2. The molecule has 0 aromatic carbocycles. The van der Waals surface area contributed by atoms with Crippen molar-refractivity contribution in [2.75, 3.05) is 13.2 Å². The van der Waals surface area contributed by atoms with Gasteiger partial charge in [-0.25, -0.2) is 0 Å². The number of aliphatic carboxylic acids is 2. The van der Waals surface area contributed by atoms with E-state index >= 15 is 0 Å². The van der Waals surface area contributed by atoms with Crippen LogP contribution in [0.1, 0.15) is 33.1 Å². The molecule has 0 heterocycles. The largest absolute Gasteiger partial charge is 0.481 e. The number of carboxylic acid groups (broad SMARTS) is 2. The Morgan fingerprint density at radius 2 is 1.64 bits per heavy atom. The van der Waals surface area contributed by atoms with Gasteiger partial charge in [-0.3, -0.25) is 19.2 Å². The van der Waals surface area contributed by atoms with Gasteiger partial charge in [0.1, 0.15) is 12.1 Å². The molecule has 0 saturated carbocycles. The topological polar surface area (TPSA) is 213 Å². The zero-order valence-corrected chi connectivity index (χ0v) is 14.3. The summed E-state index contributed by atoms with van der Waals surface area (Å²) >= 11 is 0. The summed E-state index contributed by atoms with van der Waals surface area (Å²) < 4.78 is 0. The van der Waals surface area contributed by atoms with Gasteiger partial charge in [-0.2, -0.15) is 0 Å². The maximum atomic E-state index is 11.3. The van der Waals surface area contributed by atoms with Gasteiger partial charge in [-0.1, -0.05) is 13.8 Å². The lowest BCUT2D eigenvalue weighted by molar-refractivity contribution is -0.140. The summed E-state index contributed by atoms with van der Waals surface area (Å²) in [5.41, 5.74) is 8.87. The normalized spacial score (nSPS) is 13.0. The van der Waals surface area contributed by atoms with Crippen molar-refractivity contribution in [3.05, 3.63) is 0 Å². The molecule has 0 aliphatic carbocycles. The summed E-state index contributed by atoms with van der Waals surface area (Å²) in [4.78, 5) is 41.5. The van der Waals surface area contributed by atoms with Crippen molar-refractivity contribution < 1.29 is 39.6 Å². The van der Waals surface area contributed by atoms with E-state index in [-0.39, 0.29) is 32.4 Å². The van der Waals surface area contributed by atoms with Gasteiger partial charge in [0.15, 0.2) is 0 Å². The molecule has 0 bridgehead atoms. The van der Waals surface area contributed by atoms with Gasteiger partial charge >= 0.3 is 11.9 Å². The van der Waals surface area contributed by atoms with Crippen LogP contribution in [-0.4, -0.2) is 69.5 Å². The Morgan fingerprint density at radius 3 is 2.00 bits per heavy atom. The Hall–Kier alpha value is -2.24. The van der Waals surface area contributed by atoms with Crippen molar-refractivity contribution in [2.24, 2.45) is 16.9 Å². The molecule has 0 aliphatic heterocycles. The maximum absolute atomic E-state index is 11.3. The number of aliphatic hydroxyl groups excluding tert-OH is 2. The van der Waals surface area contributed by atoms with E-state index < -0.39 is 41.3 Å². The molecule has 0 rings (SSSR count). The minimum Gasteiger partial charge on any atom is -0.481 e. The molecule has 0 fully saturated rings. The van der Waals surface area contributed by atoms with Crippen LogP contribution < -0.4 is 16.8 Å². The van der Waals surface area contributed by atoms with E-state index in [0.717, 1.165) is 0 Å². The number of primary amides is 1. The zero-order valence-electron chi connectivity index (χ0n) is 14.3. The first-order valence-electron chi connectivity index (χ1n) is 7.40. The molecule has 25 heavy (non-hydrogen) atoms. The van der Waals surface area contributed by atoms with E-state index in [2.05, 4.69) is 5.32 Å². The minimum atomic E-state index is -1.35. The number of hydrogen-bond acceptors (Lipinski definition) is 7. The van der Waals surface area contributed by atoms with Crippen LogP contribution in [0.5, 0.6) is 0 Å². The monoisotopic (exact) mass is 365 g/mol. The Kier molecular flexibility index (Phi) is 12.2. The lowest BCUT2D eigenvalue weighted by atomic mass is 9.87. The first-order valence-corrected chi connectivity index (χ1v) is 7.40. The molecular formula is C14H27N3O8. The Balaban J connectivity index is 0. The third-order valence-corrected chi connectivity index (χ3v) is 3.05. The molecule has 0 aliphatic rings. The van der Waals surface area contributed by atoms with Crippen molar-refractivity contribution in [1.82, 2.24) is 5.32 Å². The van der Waals surface area contributed by atoms with Crippen molar-refractivity contribution in [3.63, 3.8) is 0 Å². The average molecular weight is 365 g/mol. The molecule has 0 aromatic heterocycles. The fourth-order valence-electron chi connectivity index (χ4n) is 1.25. The third kappa shape index (κ3) is 12.8. The highest BCUT2D eigenvalue weighted by Crippen LogP contribution is 2.19. The van der Waals surface area contributed by atoms with E-state index in [1.165, 1.54) is 13.8 Å². The van der Waals surface area contributed by atoms with Gasteiger partial charge in [-0.05, 0) is 6.42 Å². The van der Waals surface area contributed by atoms with E-state index in [0.29, 0.717) is 0 Å². The van der Waals surface area contributed by atoms with Crippen molar-refractivity contribution >= 4 is 23.8 Å². The van der Waals surface area contributed by atoms with Crippen LogP contribution in [0.2, 0.25) is 0 Å². The van der Waals surface area contributed by atoms with E-state index in [1.807, 2.05) is 0 Å². The SMILES string of the molecule is CC(C)(CO)[C@@H](O)C(=O)NCCC(=O)O.NC(=O)CCC(N)C(=O)O. The average Bonchev–Trinajstić information content (AvgIpc) is 2.51. The molecule has 0 saturated heterocycles. The molecule has 0 spiro atoms. The van der Waals surface area contributed by atoms with Gasteiger partial charge in [0.25, 0.3) is 0 Å². The van der Waals surface area contributed by atoms with Crippen LogP contribution in [0.4, 0.5) is 0 Å². The maximum Gasteiger partial charge on any atom is 0.320 e. The highest BCUT2D eigenvalue weighted by Gasteiger charge is 2.32. The van der Waals surface area contributed by atoms with E-state index in [9.17, 15) is 24.3 Å². The van der Waals surface area contributed by atoms with Gasteiger partial charge < -0.3 is 37.2 Å². The highest BCUT2D eigenvalue weighted by atomic mass is 16.4. The molecule has 0 radical (unpaired) electrons. The molecule has 11 nitrogen and oxygen atoms in total. The Bertz CT molecular complexity index is 467. The number of carbonyl (C=O) groups excluding carboxylic acids is 2. The molecule has 2 amide bonds. The molecule has 0 aromatic rings. The minimum absolute atomic E-state index is 0.0213. The van der Waals surface area contributed by atoms with Crippen molar-refractivity contribution in [2.45, 2.75) is 45.3 Å². The summed E-state index contributed by atoms with van der Waals surface area (Å²) in [7, 11) is 0. The number of aliphatic hydroxyl groups is 2. The van der Waals surface area contributed by atoms with Crippen LogP contribution >= 0.6 is 0 Å². The third-order valence-electron chi connectivity index (χ3n) is 3.05. The van der Waals surface area contributed by atoms with Crippen LogP contribution in [0.3, 0.4) is 0 Å². The summed E-state index contributed by atoms with van der Waals surface area (Å²) in [6.07, 6.45) is -1.42. The number of rotatable bonds is 10. The standard InChI is InChI=1S/C9H17NO5.C5H10N2O3/c1-9(2,5-11)7(14)8(15)10-4-3-6(12)13;6-3(5(9)10)1-2-4(7)8/h7,11,14H,3-5H2,1-2H3,(H,10,15)(H,12,13);3H,1-2,6H2,(H2,7,8)(H,9,10)/t7-;/m0./s1. The lowest BCUT2D eigenvalue weighted by Crippen LogP contribution is -2.45. The molecule has 1 unspecified atom stereocenters. The number of hydrogen-bond donors (Lipinski definition) is 7. The Labute approximate surface area is 145 Å². The van der Waals surface area contributed by atoms with E-state index in [4.69, 9.17) is 26.8 Å². The predicted molar refractivity (Wildman–Crippen MR) is 86.2 cm³/mol. The quantitative estimate of drug-likeness (QED) is 0.220. The summed E-state index contributed by atoms with van der Waals surface area (Å²) in [6.45, 7) is 2.70. The second-order valence-corrected chi connectivity index (χ2v) is 5.93. The second kappa shape index (κ2) is 12.2. The molecular weight excluding hydrogens is 338 g/mol. The molecule has 9 N–H and O–H groups in total. The first-order chi connectivity index (χ1) is 11.3. The molecule has 146 valence electrons. The van der Waals surface area contributed by atoms with Crippen LogP contribution in [-0.2, 0) is 19.2 Å². The highest BCUT2D eigenvalue weighted by molar-refractivity contribution is 5.81. The Morgan fingerprint density at radius 1 is 1.12 bits per heavy atom. The van der Waals surface area contributed by atoms with Gasteiger partial charge in [0.2, 0.25) is 11.8 Å². The predicted octanol–water partition coefficient (Wildman–Crippen LogP) is -2.38. The van der Waals surface area contributed by atoms with Crippen molar-refractivity contribution in [3.8, 4) is 0 Å². The van der Waals surface area contributed by atoms with Gasteiger partial charge in [-0.15, -0.1) is 0 Å². The summed E-state index contributed by atoms with van der Waals surface area (Å²) in [5, 5.41) is 37.2. The van der Waals surface area contributed by atoms with E-state index in [1.54, 1.807) is 0 Å². The van der Waals surface area contributed by atoms with Crippen LogP contribution in [0.15, 0.2) is 0 Å². The smallest absolute Gasteiger partial charge is 0.320 e. The number of nitrogens with one attached hydrogen (secondary N) is 1. The van der Waals surface area contributed by atoms with Crippen molar-refractivity contribution in [1.29, 1.82) is 0 Å². The zero-order chi connectivity index (χ0) is 20.2.